The Labute approximate surface area is 214 Å². The van der Waals surface area contributed by atoms with E-state index in [1.165, 1.54) is 106 Å². The maximum Gasteiger partial charge on any atom is -0.0146 e. The Morgan fingerprint density at radius 2 is 0.583 bits per heavy atom. The topological polar surface area (TPSA) is 0 Å². The maximum atomic E-state index is 2.34. The second-order valence-corrected chi connectivity index (χ2v) is 10.2. The lowest BCUT2D eigenvalue weighted by Gasteiger charge is -2.12. The van der Waals surface area contributed by atoms with Crippen molar-refractivity contribution in [3.05, 3.63) is 120 Å². The van der Waals surface area contributed by atoms with Crippen molar-refractivity contribution in [2.45, 2.75) is 51.4 Å². The Hall–Kier alpha value is -3.64. The molecule has 178 valence electrons. The highest BCUT2D eigenvalue weighted by molar-refractivity contribution is 6.03. The smallest absolute Gasteiger partial charge is 0.0146 e. The number of rotatable bonds is 9. The van der Waals surface area contributed by atoms with E-state index in [4.69, 9.17) is 0 Å². The summed E-state index contributed by atoms with van der Waals surface area (Å²) < 4.78 is 0. The van der Waals surface area contributed by atoms with E-state index >= 15 is 0 Å². The van der Waals surface area contributed by atoms with Gasteiger partial charge in [-0.2, -0.15) is 0 Å². The van der Waals surface area contributed by atoms with Gasteiger partial charge in [-0.25, -0.2) is 0 Å². The van der Waals surface area contributed by atoms with Crippen molar-refractivity contribution in [1.82, 2.24) is 0 Å². The number of aryl methyl sites for hydroxylation is 2. The molecule has 6 aromatic carbocycles. The van der Waals surface area contributed by atoms with Gasteiger partial charge in [-0.05, 0) is 92.0 Å². The Morgan fingerprint density at radius 1 is 0.306 bits per heavy atom. The van der Waals surface area contributed by atoms with Crippen LogP contribution in [-0.2, 0) is 12.8 Å². The van der Waals surface area contributed by atoms with Crippen LogP contribution in [-0.4, -0.2) is 0 Å². The first-order valence-corrected chi connectivity index (χ1v) is 13.7. The van der Waals surface area contributed by atoms with Gasteiger partial charge in [0.15, 0.2) is 0 Å². The lowest BCUT2D eigenvalue weighted by atomic mass is 9.92. The summed E-state index contributed by atoms with van der Waals surface area (Å²) in [7, 11) is 0. The Kier molecular flexibility index (Phi) is 6.68. The third-order valence-electron chi connectivity index (χ3n) is 7.87. The van der Waals surface area contributed by atoms with Crippen molar-refractivity contribution >= 4 is 43.1 Å². The molecule has 6 rings (SSSR count). The monoisotopic (exact) mass is 466 g/mol. The number of hydrogen-bond acceptors (Lipinski definition) is 0. The van der Waals surface area contributed by atoms with Gasteiger partial charge in [0, 0.05) is 0 Å². The first-order valence-electron chi connectivity index (χ1n) is 13.7. The van der Waals surface area contributed by atoms with Gasteiger partial charge in [0.1, 0.15) is 0 Å². The molecule has 0 amide bonds. The molecule has 0 nitrogen and oxygen atoms in total. The van der Waals surface area contributed by atoms with E-state index in [0.717, 1.165) is 0 Å². The molecule has 0 unspecified atom stereocenters. The standard InChI is InChI=1S/C36H34/c1(3-5-23-35-31-19-11-7-15-27(31)25-28-16-8-12-20-32(28)35)2-4-6-24-36-33-21-13-9-17-29(33)26-30-18-10-14-22-34(30)36/h7-22,25-26H,1-6,23-24H2. The summed E-state index contributed by atoms with van der Waals surface area (Å²) in [6.45, 7) is 0. The number of fused-ring (bicyclic) bond motifs is 4. The average molecular weight is 467 g/mol. The third-order valence-corrected chi connectivity index (χ3v) is 7.87. The molecular weight excluding hydrogens is 432 g/mol. The van der Waals surface area contributed by atoms with Crippen LogP contribution in [0.4, 0.5) is 0 Å². The zero-order chi connectivity index (χ0) is 24.2. The Balaban J connectivity index is 1.05. The van der Waals surface area contributed by atoms with Crippen molar-refractivity contribution in [3.63, 3.8) is 0 Å². The normalized spacial score (nSPS) is 11.7. The Morgan fingerprint density at radius 3 is 0.917 bits per heavy atom. The highest BCUT2D eigenvalue weighted by atomic mass is 14.1. The van der Waals surface area contributed by atoms with Gasteiger partial charge in [0.05, 0.1) is 0 Å². The Bertz CT molecular complexity index is 1410. The minimum absolute atomic E-state index is 1.17. The molecule has 0 bridgehead atoms. The molecule has 36 heavy (non-hydrogen) atoms. The lowest BCUT2D eigenvalue weighted by Crippen LogP contribution is -1.92. The second kappa shape index (κ2) is 10.5. The quantitative estimate of drug-likeness (QED) is 0.147. The number of unbranched alkanes of at least 4 members (excludes halogenated alkanes) is 5. The van der Waals surface area contributed by atoms with Crippen LogP contribution in [0.3, 0.4) is 0 Å². The average Bonchev–Trinajstić information content (AvgIpc) is 2.93. The van der Waals surface area contributed by atoms with E-state index in [1.54, 1.807) is 0 Å². The fourth-order valence-corrected chi connectivity index (χ4v) is 6.07. The minimum Gasteiger partial charge on any atom is -0.0616 e. The fourth-order valence-electron chi connectivity index (χ4n) is 6.07. The lowest BCUT2D eigenvalue weighted by molar-refractivity contribution is 0.596. The van der Waals surface area contributed by atoms with Gasteiger partial charge in [-0.3, -0.25) is 0 Å². The summed E-state index contributed by atoms with van der Waals surface area (Å²) in [5.41, 5.74) is 3.07. The van der Waals surface area contributed by atoms with Crippen LogP contribution in [0.2, 0.25) is 0 Å². The molecular formula is C36H34. The second-order valence-electron chi connectivity index (χ2n) is 10.2. The predicted octanol–water partition coefficient (Wildman–Crippen LogP) is 10.4. The van der Waals surface area contributed by atoms with E-state index in [2.05, 4.69) is 109 Å². The van der Waals surface area contributed by atoms with Crippen molar-refractivity contribution in [1.29, 1.82) is 0 Å². The van der Waals surface area contributed by atoms with Crippen molar-refractivity contribution < 1.29 is 0 Å². The summed E-state index contributed by atoms with van der Waals surface area (Å²) in [4.78, 5) is 0. The summed E-state index contributed by atoms with van der Waals surface area (Å²) >= 11 is 0. The highest BCUT2D eigenvalue weighted by Gasteiger charge is 2.08. The minimum atomic E-state index is 1.17. The predicted molar refractivity (Wildman–Crippen MR) is 158 cm³/mol. The van der Waals surface area contributed by atoms with Gasteiger partial charge in [0.2, 0.25) is 0 Å². The molecule has 0 saturated carbocycles. The number of hydrogen-bond donors (Lipinski definition) is 0. The summed E-state index contributed by atoms with van der Waals surface area (Å²) in [6, 6.07) is 40.2. The molecule has 0 aliphatic heterocycles. The largest absolute Gasteiger partial charge is 0.0616 e. The van der Waals surface area contributed by atoms with Gasteiger partial charge in [-0.1, -0.05) is 123 Å². The molecule has 6 aromatic rings. The van der Waals surface area contributed by atoms with Gasteiger partial charge < -0.3 is 0 Å². The molecule has 0 aliphatic carbocycles. The van der Waals surface area contributed by atoms with Crippen molar-refractivity contribution in [2.75, 3.05) is 0 Å². The van der Waals surface area contributed by atoms with E-state index < -0.39 is 0 Å². The van der Waals surface area contributed by atoms with Crippen LogP contribution >= 0.6 is 0 Å². The molecule has 0 heteroatoms. The van der Waals surface area contributed by atoms with Crippen LogP contribution in [0.1, 0.15) is 49.7 Å². The van der Waals surface area contributed by atoms with E-state index in [0.29, 0.717) is 0 Å². The molecule has 0 spiro atoms. The molecule has 0 N–H and O–H groups in total. The first kappa shape index (κ1) is 22.8. The molecule has 0 aromatic heterocycles. The van der Waals surface area contributed by atoms with Gasteiger partial charge >= 0.3 is 0 Å². The van der Waals surface area contributed by atoms with Crippen LogP contribution in [0, 0.1) is 0 Å². The highest BCUT2D eigenvalue weighted by Crippen LogP contribution is 2.31. The van der Waals surface area contributed by atoms with E-state index in [1.807, 2.05) is 0 Å². The molecule has 0 heterocycles. The van der Waals surface area contributed by atoms with Crippen LogP contribution in [0.5, 0.6) is 0 Å². The van der Waals surface area contributed by atoms with Crippen molar-refractivity contribution in [2.24, 2.45) is 0 Å². The zero-order valence-electron chi connectivity index (χ0n) is 21.0. The SMILES string of the molecule is c1ccc2c(CCCCCCCCc3c4ccccc4cc4ccccc34)c3ccccc3cc2c1. The fraction of sp³-hybridized carbons (Fsp3) is 0.222. The van der Waals surface area contributed by atoms with E-state index in [9.17, 15) is 0 Å². The van der Waals surface area contributed by atoms with Crippen LogP contribution in [0.15, 0.2) is 109 Å². The molecule has 0 radical (unpaired) electrons. The van der Waals surface area contributed by atoms with Crippen LogP contribution in [0.25, 0.3) is 43.1 Å². The van der Waals surface area contributed by atoms with Gasteiger partial charge in [0.25, 0.3) is 0 Å². The summed E-state index contributed by atoms with van der Waals surface area (Å²) in [6.07, 6.45) is 10.2. The first-order chi connectivity index (χ1) is 17.9. The zero-order valence-corrected chi connectivity index (χ0v) is 21.0. The molecule has 0 aliphatic rings. The van der Waals surface area contributed by atoms with Crippen molar-refractivity contribution in [3.8, 4) is 0 Å². The third kappa shape index (κ3) is 4.61. The molecule has 0 saturated heterocycles. The van der Waals surface area contributed by atoms with Crippen LogP contribution < -0.4 is 0 Å². The number of benzene rings is 6. The maximum absolute atomic E-state index is 2.34. The molecule has 0 fully saturated rings. The molecule has 0 atom stereocenters. The summed E-state index contributed by atoms with van der Waals surface area (Å²) in [5.74, 6) is 0. The summed E-state index contributed by atoms with van der Waals surface area (Å²) in [5, 5.41) is 11.2. The van der Waals surface area contributed by atoms with E-state index in [-0.39, 0.29) is 0 Å². The van der Waals surface area contributed by atoms with Gasteiger partial charge in [-0.15, -0.1) is 0 Å².